The van der Waals surface area contributed by atoms with Gasteiger partial charge in [0.2, 0.25) is 0 Å². The Morgan fingerprint density at radius 1 is 0.579 bits per heavy atom. The third-order valence-corrected chi connectivity index (χ3v) is 15.3. The number of para-hydroxylation sites is 3. The topological polar surface area (TPSA) is 56.7 Å². The molecule has 0 spiro atoms. The fraction of sp³-hybridized carbons (Fsp3) is 0.186. The van der Waals surface area contributed by atoms with E-state index in [2.05, 4.69) is 170 Å². The number of imidazole rings is 1. The first-order valence-electron chi connectivity index (χ1n) is 26.5. The van der Waals surface area contributed by atoms with Crippen molar-refractivity contribution in [2.75, 3.05) is 0 Å². The zero-order valence-corrected chi connectivity index (χ0v) is 45.7. The summed E-state index contributed by atoms with van der Waals surface area (Å²) in [4.78, 5) is 14.2. The van der Waals surface area contributed by atoms with Gasteiger partial charge in [0, 0.05) is 28.9 Å². The Kier molecular flexibility index (Phi) is 14.7. The van der Waals surface area contributed by atoms with Gasteiger partial charge in [0.1, 0.15) is 5.58 Å². The smallest absolute Gasteiger partial charge is 0.500 e. The van der Waals surface area contributed by atoms with Gasteiger partial charge < -0.3 is 19.0 Å². The molecule has 76 heavy (non-hydrogen) atoms. The van der Waals surface area contributed by atoms with E-state index in [1.165, 1.54) is 58.9 Å². The molecule has 1 saturated carbocycles. The van der Waals surface area contributed by atoms with Crippen LogP contribution in [0.15, 0.2) is 205 Å². The van der Waals surface area contributed by atoms with E-state index in [4.69, 9.17) is 14.4 Å². The second-order valence-electron chi connectivity index (χ2n) is 21.1. The maximum Gasteiger partial charge on any atom is 3.00 e. The van der Waals surface area contributed by atoms with Crippen LogP contribution in [0.1, 0.15) is 78.8 Å². The maximum atomic E-state index is 6.55. The number of fused-ring (bicyclic) bond motifs is 6. The summed E-state index contributed by atoms with van der Waals surface area (Å²) >= 11 is 0. The van der Waals surface area contributed by atoms with Crippen molar-refractivity contribution in [3.05, 3.63) is 252 Å². The van der Waals surface area contributed by atoms with Gasteiger partial charge in [-0.25, -0.2) is 0 Å². The number of furan rings is 1. The fourth-order valence-electron chi connectivity index (χ4n) is 11.0. The molecule has 5 nitrogen and oxygen atoms in total. The Morgan fingerprint density at radius 2 is 1.26 bits per heavy atom. The van der Waals surface area contributed by atoms with Crippen molar-refractivity contribution in [3.8, 4) is 39.6 Å². The van der Waals surface area contributed by atoms with Crippen LogP contribution in [0.4, 0.5) is 0 Å². The molecule has 12 aromatic rings. The van der Waals surface area contributed by atoms with E-state index in [1.807, 2.05) is 79.1 Å². The molecule has 0 saturated heterocycles. The summed E-state index contributed by atoms with van der Waals surface area (Å²) in [6.07, 6.45) is 13.2. The minimum Gasteiger partial charge on any atom is -0.500 e. The van der Waals surface area contributed by atoms with E-state index in [9.17, 15) is 0 Å². The molecule has 13 rings (SSSR count). The second kappa shape index (κ2) is 22.2. The van der Waals surface area contributed by atoms with Gasteiger partial charge in [-0.1, -0.05) is 147 Å². The molecule has 1 aliphatic carbocycles. The Labute approximate surface area is 460 Å². The Bertz CT molecular complexity index is 3910. The fourth-order valence-corrected chi connectivity index (χ4v) is 11.0. The van der Waals surface area contributed by atoms with Crippen molar-refractivity contribution in [1.29, 1.82) is 0 Å². The van der Waals surface area contributed by atoms with Crippen molar-refractivity contribution in [2.24, 2.45) is 5.41 Å². The third-order valence-electron chi connectivity index (χ3n) is 15.3. The van der Waals surface area contributed by atoms with E-state index in [0.29, 0.717) is 11.3 Å². The Hall–Kier alpha value is -7.76. The molecule has 0 radical (unpaired) electrons. The number of nitrogens with zero attached hydrogens (tertiary/aromatic N) is 4. The zero-order chi connectivity index (χ0) is 50.7. The Balaban J connectivity index is 0.000000166. The molecule has 0 aliphatic heterocycles. The van der Waals surface area contributed by atoms with Crippen molar-refractivity contribution in [3.63, 3.8) is 0 Å². The van der Waals surface area contributed by atoms with Crippen molar-refractivity contribution in [1.82, 2.24) is 19.5 Å². The predicted molar refractivity (Wildman–Crippen MR) is 308 cm³/mol. The molecule has 1 aliphatic rings. The van der Waals surface area contributed by atoms with Crippen LogP contribution in [-0.4, -0.2) is 19.5 Å². The zero-order valence-electron chi connectivity index (χ0n) is 43.3. The minimum absolute atomic E-state index is 0. The molecule has 4 heterocycles. The largest absolute Gasteiger partial charge is 3.00 e. The number of aryl methyl sites for hydroxylation is 5. The molecule has 0 amide bonds. The molecule has 1 fully saturated rings. The molecular weight excluding hydrogens is 1110 g/mol. The molecular formula is C70H59IrN4O. The van der Waals surface area contributed by atoms with Crippen LogP contribution in [0.25, 0.3) is 83.3 Å². The van der Waals surface area contributed by atoms with E-state index in [-0.39, 0.29) is 20.1 Å². The first-order valence-corrected chi connectivity index (χ1v) is 26.5. The second-order valence-corrected chi connectivity index (χ2v) is 21.1. The van der Waals surface area contributed by atoms with Crippen molar-refractivity contribution < 1.29 is 24.5 Å². The minimum atomic E-state index is 0. The van der Waals surface area contributed by atoms with E-state index in [0.717, 1.165) is 104 Å². The van der Waals surface area contributed by atoms with Gasteiger partial charge in [0.15, 0.2) is 0 Å². The summed E-state index contributed by atoms with van der Waals surface area (Å²) in [6.45, 7) is 6.95. The standard InChI is InChI=1S/C41H42N2.C29H17N2O.Ir/c1-30-7-16-36(17-8-30)40-20-15-32(29-43-40)10-12-34-26-33(27-38(28-34)35-21-23-41(2,3)24-22-35)11-9-31-13-18-37(19-14-31)39-6-4-5-25-42-39;1-2-10-20(11-3-1)31-26-16-7-6-15-25(26)30-29(31)24-14-8-13-22-23-18-17-19-9-4-5-12-21(19)27(23)32-28(22)24;/h4-8,13-16,18,20,25-29,35H,9-12,21-24H2,1-3H3;1-13,15-18H;/q-2;-1;+3. The number of benzene rings is 8. The van der Waals surface area contributed by atoms with Crippen LogP contribution in [0, 0.1) is 30.5 Å². The maximum absolute atomic E-state index is 6.55. The number of hydrogen-bond acceptors (Lipinski definition) is 4. The molecule has 374 valence electrons. The van der Waals surface area contributed by atoms with Gasteiger partial charge in [-0.05, 0) is 126 Å². The van der Waals surface area contributed by atoms with Crippen LogP contribution in [-0.2, 0) is 45.8 Å². The summed E-state index contributed by atoms with van der Waals surface area (Å²) in [6, 6.07) is 76.1. The van der Waals surface area contributed by atoms with Gasteiger partial charge in [-0.2, -0.15) is 0 Å². The summed E-state index contributed by atoms with van der Waals surface area (Å²) < 4.78 is 8.74. The van der Waals surface area contributed by atoms with Crippen LogP contribution in [0.3, 0.4) is 0 Å². The quantitative estimate of drug-likeness (QED) is 0.121. The first kappa shape index (κ1) is 50.4. The SMILES string of the molecule is Cc1c[c-]c(-c2ccc(CCc3cc(CCc4c[c-]c(-c5ccccn5)cc4)cc(C4CCC(C)(C)CC4)c3)cn2)cc1.[Ir+3].[c-]1ccc2c(oc3c4ccccc4ccc23)c1-c1nc2ccccc2n1-c1ccccc1. The van der Waals surface area contributed by atoms with Gasteiger partial charge in [0.25, 0.3) is 0 Å². The van der Waals surface area contributed by atoms with Crippen LogP contribution >= 0.6 is 0 Å². The molecule has 4 aromatic heterocycles. The Morgan fingerprint density at radius 3 is 2.00 bits per heavy atom. The first-order chi connectivity index (χ1) is 36.8. The summed E-state index contributed by atoms with van der Waals surface area (Å²) in [7, 11) is 0. The molecule has 0 atom stereocenters. The van der Waals surface area contributed by atoms with E-state index >= 15 is 0 Å². The van der Waals surface area contributed by atoms with Crippen molar-refractivity contribution >= 4 is 43.7 Å². The van der Waals surface area contributed by atoms with Crippen LogP contribution in [0.2, 0.25) is 0 Å². The number of aromatic nitrogens is 4. The van der Waals surface area contributed by atoms with Gasteiger partial charge in [-0.3, -0.25) is 4.98 Å². The number of pyridine rings is 2. The van der Waals surface area contributed by atoms with Gasteiger partial charge in [0.05, 0.1) is 22.4 Å². The van der Waals surface area contributed by atoms with Gasteiger partial charge >= 0.3 is 20.1 Å². The van der Waals surface area contributed by atoms with E-state index in [1.54, 1.807) is 5.56 Å². The number of hydrogen-bond donors (Lipinski definition) is 0. The molecule has 0 unspecified atom stereocenters. The average molecular weight is 1160 g/mol. The monoisotopic (exact) mass is 1160 g/mol. The third kappa shape index (κ3) is 10.8. The molecule has 8 aromatic carbocycles. The van der Waals surface area contributed by atoms with Crippen molar-refractivity contribution in [2.45, 2.75) is 78.1 Å². The van der Waals surface area contributed by atoms with Gasteiger partial charge in [-0.15, -0.1) is 89.0 Å². The van der Waals surface area contributed by atoms with Crippen LogP contribution in [0.5, 0.6) is 0 Å². The summed E-state index contributed by atoms with van der Waals surface area (Å²) in [5, 5.41) is 4.47. The normalized spacial score (nSPS) is 13.4. The summed E-state index contributed by atoms with van der Waals surface area (Å²) in [5.74, 6) is 1.50. The molecule has 0 N–H and O–H groups in total. The molecule has 0 bridgehead atoms. The van der Waals surface area contributed by atoms with Crippen LogP contribution < -0.4 is 0 Å². The predicted octanol–water partition coefficient (Wildman–Crippen LogP) is 17.5. The number of rotatable bonds is 11. The average Bonchev–Trinajstić information content (AvgIpc) is 4.12. The van der Waals surface area contributed by atoms with E-state index < -0.39 is 0 Å². The summed E-state index contributed by atoms with van der Waals surface area (Å²) in [5.41, 5.74) is 18.4. The molecule has 6 heteroatoms.